The lowest BCUT2D eigenvalue weighted by atomic mass is 9.88. The number of halogens is 1. The average molecular weight is 457 g/mol. The van der Waals surface area contributed by atoms with E-state index in [2.05, 4.69) is 5.32 Å². The normalized spacial score (nSPS) is 15.3. The first-order valence-corrected chi connectivity index (χ1v) is 11.2. The first kappa shape index (κ1) is 23.8. The average Bonchev–Trinajstić information content (AvgIpc) is 2.82. The van der Waals surface area contributed by atoms with Crippen LogP contribution < -0.4 is 10.1 Å². The predicted molar refractivity (Wildman–Crippen MR) is 124 cm³/mol. The molecule has 1 saturated heterocycles. The van der Waals surface area contributed by atoms with Crippen LogP contribution in [0.25, 0.3) is 0 Å². The van der Waals surface area contributed by atoms with E-state index in [1.54, 1.807) is 60.5 Å². The smallest absolute Gasteiger partial charge is 0.251 e. The molecule has 7 heteroatoms. The van der Waals surface area contributed by atoms with Crippen molar-refractivity contribution in [1.82, 2.24) is 10.2 Å². The molecule has 1 aliphatic rings. The van der Waals surface area contributed by atoms with E-state index in [4.69, 9.17) is 16.3 Å². The first-order valence-electron chi connectivity index (χ1n) is 10.8. The van der Waals surface area contributed by atoms with E-state index in [1.165, 1.54) is 0 Å². The Morgan fingerprint density at radius 3 is 2.06 bits per heavy atom. The molecule has 32 heavy (non-hydrogen) atoms. The van der Waals surface area contributed by atoms with Gasteiger partial charge in [0.1, 0.15) is 11.8 Å². The summed E-state index contributed by atoms with van der Waals surface area (Å²) in [6.07, 6.45) is 1.21. The van der Waals surface area contributed by atoms with Crippen molar-refractivity contribution in [2.45, 2.75) is 32.7 Å². The van der Waals surface area contributed by atoms with Crippen LogP contribution >= 0.6 is 11.6 Å². The number of Topliss-reactive ketones (excluding diaryl/α,β-unsaturated/α-hetero) is 1. The Morgan fingerprint density at radius 1 is 0.969 bits per heavy atom. The molecule has 0 spiro atoms. The molecule has 0 bridgehead atoms. The minimum Gasteiger partial charge on any atom is -0.497 e. The van der Waals surface area contributed by atoms with Gasteiger partial charge in [-0.25, -0.2) is 0 Å². The third kappa shape index (κ3) is 5.68. The van der Waals surface area contributed by atoms with Crippen LogP contribution in [0.15, 0.2) is 48.5 Å². The van der Waals surface area contributed by atoms with E-state index in [-0.39, 0.29) is 29.4 Å². The van der Waals surface area contributed by atoms with E-state index in [1.807, 2.05) is 13.8 Å². The molecule has 1 atom stereocenters. The molecule has 1 N–H and O–H groups in total. The van der Waals surface area contributed by atoms with Gasteiger partial charge in [0.15, 0.2) is 5.78 Å². The van der Waals surface area contributed by atoms with Crippen LogP contribution in [-0.4, -0.2) is 48.7 Å². The Bertz CT molecular complexity index is 949. The number of carbonyl (C=O) groups excluding carboxylic acids is 3. The fourth-order valence-corrected chi connectivity index (χ4v) is 4.02. The second kappa shape index (κ2) is 10.6. The number of hydrogen-bond acceptors (Lipinski definition) is 4. The number of ketones is 1. The number of nitrogens with one attached hydrogen (secondary N) is 1. The molecule has 170 valence electrons. The SMILES string of the molecule is COc1ccc(C(=O)C2CCN(C(=O)[C@@H](NC(=O)c3ccc(Cl)cc3)C(C)C)CC2)cc1. The highest BCUT2D eigenvalue weighted by Gasteiger charge is 2.33. The molecule has 0 radical (unpaired) electrons. The quantitative estimate of drug-likeness (QED) is 0.633. The van der Waals surface area contributed by atoms with Crippen LogP contribution in [0.2, 0.25) is 5.02 Å². The summed E-state index contributed by atoms with van der Waals surface area (Å²) in [7, 11) is 1.59. The Morgan fingerprint density at radius 2 is 1.53 bits per heavy atom. The minimum absolute atomic E-state index is 0.0718. The highest BCUT2D eigenvalue weighted by Crippen LogP contribution is 2.24. The highest BCUT2D eigenvalue weighted by atomic mass is 35.5. The van der Waals surface area contributed by atoms with E-state index < -0.39 is 6.04 Å². The summed E-state index contributed by atoms with van der Waals surface area (Å²) >= 11 is 5.89. The van der Waals surface area contributed by atoms with Gasteiger partial charge >= 0.3 is 0 Å². The number of benzene rings is 2. The number of likely N-dealkylation sites (tertiary alicyclic amines) is 1. The van der Waals surface area contributed by atoms with Crippen LogP contribution in [0.4, 0.5) is 0 Å². The van der Waals surface area contributed by atoms with E-state index >= 15 is 0 Å². The fourth-order valence-electron chi connectivity index (χ4n) is 3.89. The van der Waals surface area contributed by atoms with E-state index in [9.17, 15) is 14.4 Å². The lowest BCUT2D eigenvalue weighted by Crippen LogP contribution is -2.53. The number of hydrogen-bond donors (Lipinski definition) is 1. The van der Waals surface area contributed by atoms with Crippen molar-refractivity contribution < 1.29 is 19.1 Å². The lowest BCUT2D eigenvalue weighted by molar-refractivity contribution is -0.135. The number of rotatable bonds is 7. The molecule has 6 nitrogen and oxygen atoms in total. The largest absolute Gasteiger partial charge is 0.497 e. The Balaban J connectivity index is 1.59. The first-order chi connectivity index (χ1) is 15.3. The number of methoxy groups -OCH3 is 1. The zero-order valence-electron chi connectivity index (χ0n) is 18.6. The highest BCUT2D eigenvalue weighted by molar-refractivity contribution is 6.30. The molecule has 0 unspecified atom stereocenters. The minimum atomic E-state index is -0.632. The summed E-state index contributed by atoms with van der Waals surface area (Å²) in [5.74, 6) is 0.195. The van der Waals surface area contributed by atoms with E-state index in [0.717, 1.165) is 0 Å². The van der Waals surface area contributed by atoms with Gasteiger partial charge in [0.2, 0.25) is 5.91 Å². The van der Waals surface area contributed by atoms with Gasteiger partial charge < -0.3 is 15.0 Å². The Labute approximate surface area is 193 Å². The van der Waals surface area contributed by atoms with E-state index in [0.29, 0.717) is 47.8 Å². The third-order valence-electron chi connectivity index (χ3n) is 5.88. The maximum absolute atomic E-state index is 13.2. The molecule has 2 aromatic carbocycles. The van der Waals surface area contributed by atoms with Gasteiger partial charge in [-0.1, -0.05) is 25.4 Å². The van der Waals surface area contributed by atoms with Gasteiger partial charge in [0.05, 0.1) is 7.11 Å². The van der Waals surface area contributed by atoms with Crippen molar-refractivity contribution in [1.29, 1.82) is 0 Å². The van der Waals surface area contributed by atoms with Crippen molar-refractivity contribution in [3.05, 3.63) is 64.7 Å². The van der Waals surface area contributed by atoms with Gasteiger partial charge in [-0.2, -0.15) is 0 Å². The van der Waals surface area contributed by atoms with Crippen LogP contribution in [-0.2, 0) is 4.79 Å². The lowest BCUT2D eigenvalue weighted by Gasteiger charge is -2.35. The fraction of sp³-hybridized carbons (Fsp3) is 0.400. The molecule has 1 fully saturated rings. The number of piperidine rings is 1. The standard InChI is InChI=1S/C25H29ClN2O4/c1-16(2)22(27-24(30)19-4-8-20(26)9-5-19)25(31)28-14-12-18(13-15-28)23(29)17-6-10-21(32-3)11-7-17/h4-11,16,18,22H,12-15H2,1-3H3,(H,27,30)/t22-/m0/s1. The number of amides is 2. The number of ether oxygens (including phenoxy) is 1. The van der Waals surface area contributed by atoms with Crippen molar-refractivity contribution in [2.75, 3.05) is 20.2 Å². The molecule has 3 rings (SSSR count). The zero-order chi connectivity index (χ0) is 23.3. The van der Waals surface area contributed by atoms with Crippen molar-refractivity contribution in [2.24, 2.45) is 11.8 Å². The van der Waals surface area contributed by atoms with Crippen LogP contribution in [0, 0.1) is 11.8 Å². The summed E-state index contributed by atoms with van der Waals surface area (Å²) in [5, 5.41) is 3.41. The molecule has 0 aliphatic carbocycles. The Hall–Kier alpha value is -2.86. The maximum atomic E-state index is 13.2. The second-order valence-electron chi connectivity index (χ2n) is 8.39. The van der Waals surface area contributed by atoms with Crippen molar-refractivity contribution >= 4 is 29.2 Å². The molecule has 1 heterocycles. The maximum Gasteiger partial charge on any atom is 0.251 e. The third-order valence-corrected chi connectivity index (χ3v) is 6.13. The van der Waals surface area contributed by atoms with Gasteiger partial charge in [0, 0.05) is 35.2 Å². The summed E-state index contributed by atoms with van der Waals surface area (Å²) in [5.41, 5.74) is 1.11. The van der Waals surface area contributed by atoms with Crippen LogP contribution in [0.3, 0.4) is 0 Å². The second-order valence-corrected chi connectivity index (χ2v) is 8.83. The molecule has 2 aromatic rings. The van der Waals surface area contributed by atoms with Gasteiger partial charge in [0.25, 0.3) is 5.91 Å². The summed E-state index contributed by atoms with van der Waals surface area (Å²) in [6, 6.07) is 13.0. The molecule has 0 aromatic heterocycles. The number of nitrogens with zero attached hydrogens (tertiary/aromatic N) is 1. The van der Waals surface area contributed by atoms with Gasteiger partial charge in [-0.05, 0) is 67.3 Å². The summed E-state index contributed by atoms with van der Waals surface area (Å²) in [4.78, 5) is 40.4. The molecular weight excluding hydrogens is 428 g/mol. The van der Waals surface area contributed by atoms with Crippen LogP contribution in [0.1, 0.15) is 47.4 Å². The zero-order valence-corrected chi connectivity index (χ0v) is 19.4. The molecule has 1 aliphatic heterocycles. The monoisotopic (exact) mass is 456 g/mol. The molecule has 0 saturated carbocycles. The molecule has 2 amide bonds. The van der Waals surface area contributed by atoms with Crippen molar-refractivity contribution in [3.63, 3.8) is 0 Å². The summed E-state index contributed by atoms with van der Waals surface area (Å²) in [6.45, 7) is 4.80. The topological polar surface area (TPSA) is 75.7 Å². The number of carbonyl (C=O) groups is 3. The van der Waals surface area contributed by atoms with Gasteiger partial charge in [-0.15, -0.1) is 0 Å². The van der Waals surface area contributed by atoms with Crippen molar-refractivity contribution in [3.8, 4) is 5.75 Å². The molecular formula is C25H29ClN2O4. The summed E-state index contributed by atoms with van der Waals surface area (Å²) < 4.78 is 5.15. The Kier molecular flexibility index (Phi) is 7.91. The van der Waals surface area contributed by atoms with Crippen LogP contribution in [0.5, 0.6) is 5.75 Å². The van der Waals surface area contributed by atoms with Gasteiger partial charge in [-0.3, -0.25) is 14.4 Å². The predicted octanol–water partition coefficient (Wildman–Crippen LogP) is 4.22.